The lowest BCUT2D eigenvalue weighted by Crippen LogP contribution is -2.12. The van der Waals surface area contributed by atoms with Gasteiger partial charge in [-0.05, 0) is 64.2 Å². The Morgan fingerprint density at radius 2 is 2.15 bits per heavy atom. The third-order valence-electron chi connectivity index (χ3n) is 3.51. The molecule has 0 amide bonds. The molecule has 1 aromatic carbocycles. The molecule has 0 spiro atoms. The number of hydrogen-bond donors (Lipinski definition) is 1. The van der Waals surface area contributed by atoms with Crippen molar-refractivity contribution in [3.8, 4) is 5.75 Å². The second kappa shape index (κ2) is 5.79. The number of halogens is 2. The molecule has 20 heavy (non-hydrogen) atoms. The molecule has 0 fully saturated rings. The molecule has 0 saturated heterocycles. The number of benzene rings is 1. The Bertz CT molecular complexity index is 634. The molecule has 2 nitrogen and oxygen atoms in total. The minimum atomic E-state index is 0.00704. The number of nitrogens with two attached hydrogens (primary N) is 1. The summed E-state index contributed by atoms with van der Waals surface area (Å²) in [7, 11) is 0. The average Bonchev–Trinajstić information content (AvgIpc) is 2.97. The van der Waals surface area contributed by atoms with Gasteiger partial charge in [-0.3, -0.25) is 0 Å². The molecule has 1 aliphatic heterocycles. The molecule has 1 aliphatic rings. The first-order valence-corrected chi connectivity index (χ1v) is 8.90. The maximum atomic E-state index is 6.37. The molecule has 5 heteroatoms. The van der Waals surface area contributed by atoms with Gasteiger partial charge in [-0.25, -0.2) is 0 Å². The summed E-state index contributed by atoms with van der Waals surface area (Å²) in [5, 5.41) is 0. The maximum Gasteiger partial charge on any atom is 0.125 e. The van der Waals surface area contributed by atoms with Gasteiger partial charge >= 0.3 is 0 Å². The molecule has 106 valence electrons. The van der Waals surface area contributed by atoms with Crippen LogP contribution in [-0.2, 0) is 12.8 Å². The molecular formula is C15H15Br2NOS. The van der Waals surface area contributed by atoms with E-state index in [0.29, 0.717) is 0 Å². The van der Waals surface area contributed by atoms with E-state index in [-0.39, 0.29) is 6.04 Å². The van der Waals surface area contributed by atoms with Crippen LogP contribution in [0.3, 0.4) is 0 Å². The monoisotopic (exact) mass is 415 g/mol. The molecular weight excluding hydrogens is 402 g/mol. The van der Waals surface area contributed by atoms with Gasteiger partial charge in [-0.2, -0.15) is 0 Å². The third-order valence-corrected chi connectivity index (χ3v) is 6.23. The van der Waals surface area contributed by atoms with Gasteiger partial charge < -0.3 is 10.5 Å². The van der Waals surface area contributed by atoms with E-state index in [1.54, 1.807) is 11.3 Å². The molecule has 0 aliphatic carbocycles. The summed E-state index contributed by atoms with van der Waals surface area (Å²) >= 11 is 8.86. The van der Waals surface area contributed by atoms with Crippen LogP contribution in [-0.4, -0.2) is 6.61 Å². The predicted molar refractivity (Wildman–Crippen MR) is 90.7 cm³/mol. The molecule has 3 rings (SSSR count). The Morgan fingerprint density at radius 1 is 1.35 bits per heavy atom. The van der Waals surface area contributed by atoms with Crippen molar-refractivity contribution in [3.05, 3.63) is 48.0 Å². The van der Waals surface area contributed by atoms with E-state index in [4.69, 9.17) is 10.5 Å². The highest BCUT2D eigenvalue weighted by Crippen LogP contribution is 2.37. The van der Waals surface area contributed by atoms with E-state index in [1.165, 1.54) is 25.4 Å². The SMILES string of the molecule is Cc1cc(C(N)Cc2cc(Br)cc3c2OCC3)sc1Br. The van der Waals surface area contributed by atoms with E-state index in [2.05, 4.69) is 57.0 Å². The van der Waals surface area contributed by atoms with Crippen molar-refractivity contribution in [2.45, 2.75) is 25.8 Å². The fraction of sp³-hybridized carbons (Fsp3) is 0.333. The zero-order chi connectivity index (χ0) is 14.3. The summed E-state index contributed by atoms with van der Waals surface area (Å²) in [6.07, 6.45) is 1.79. The van der Waals surface area contributed by atoms with Gasteiger partial charge in [0, 0.05) is 21.8 Å². The van der Waals surface area contributed by atoms with E-state index in [9.17, 15) is 0 Å². The predicted octanol–water partition coefficient (Wildman–Crippen LogP) is 4.76. The number of rotatable bonds is 3. The van der Waals surface area contributed by atoms with E-state index in [1.807, 2.05) is 0 Å². The van der Waals surface area contributed by atoms with Gasteiger partial charge in [0.2, 0.25) is 0 Å². The average molecular weight is 417 g/mol. The van der Waals surface area contributed by atoms with Gasteiger partial charge in [0.1, 0.15) is 5.75 Å². The zero-order valence-electron chi connectivity index (χ0n) is 11.1. The van der Waals surface area contributed by atoms with Crippen LogP contribution in [0.2, 0.25) is 0 Å². The number of fused-ring (bicyclic) bond motifs is 1. The van der Waals surface area contributed by atoms with Gasteiger partial charge in [0.05, 0.1) is 10.4 Å². The first kappa shape index (κ1) is 14.6. The summed E-state index contributed by atoms with van der Waals surface area (Å²) in [6, 6.07) is 6.44. The Kier molecular flexibility index (Phi) is 4.22. The number of thiophene rings is 1. The van der Waals surface area contributed by atoms with Crippen molar-refractivity contribution in [3.63, 3.8) is 0 Å². The number of hydrogen-bond acceptors (Lipinski definition) is 3. The molecule has 2 heterocycles. The largest absolute Gasteiger partial charge is 0.493 e. The van der Waals surface area contributed by atoms with Crippen LogP contribution < -0.4 is 10.5 Å². The van der Waals surface area contributed by atoms with Gasteiger partial charge in [-0.15, -0.1) is 11.3 Å². The number of ether oxygens (including phenoxy) is 1. The minimum absolute atomic E-state index is 0.00704. The van der Waals surface area contributed by atoms with E-state index in [0.717, 1.165) is 29.7 Å². The minimum Gasteiger partial charge on any atom is -0.493 e. The first-order chi connectivity index (χ1) is 9.54. The van der Waals surface area contributed by atoms with Gasteiger partial charge in [0.25, 0.3) is 0 Å². The van der Waals surface area contributed by atoms with Crippen molar-refractivity contribution in [1.82, 2.24) is 0 Å². The van der Waals surface area contributed by atoms with Gasteiger partial charge in [-0.1, -0.05) is 15.9 Å². The van der Waals surface area contributed by atoms with Crippen LogP contribution in [0.4, 0.5) is 0 Å². The summed E-state index contributed by atoms with van der Waals surface area (Å²) in [6.45, 7) is 2.87. The Balaban J connectivity index is 1.88. The smallest absolute Gasteiger partial charge is 0.125 e. The summed E-state index contributed by atoms with van der Waals surface area (Å²) in [4.78, 5) is 1.21. The highest BCUT2D eigenvalue weighted by molar-refractivity contribution is 9.11. The Labute approximate surface area is 139 Å². The molecule has 0 bridgehead atoms. The second-order valence-electron chi connectivity index (χ2n) is 5.07. The van der Waals surface area contributed by atoms with Crippen molar-refractivity contribution < 1.29 is 4.74 Å². The number of aryl methyl sites for hydroxylation is 1. The molecule has 0 radical (unpaired) electrons. The molecule has 1 aromatic heterocycles. The fourth-order valence-electron chi connectivity index (χ4n) is 2.50. The van der Waals surface area contributed by atoms with Crippen LogP contribution in [0.15, 0.2) is 26.5 Å². The second-order valence-corrected chi connectivity index (χ2v) is 8.39. The van der Waals surface area contributed by atoms with Crippen LogP contribution in [0.25, 0.3) is 0 Å². The highest BCUT2D eigenvalue weighted by Gasteiger charge is 2.20. The first-order valence-electron chi connectivity index (χ1n) is 6.50. The van der Waals surface area contributed by atoms with Crippen LogP contribution in [0.1, 0.15) is 27.6 Å². The van der Waals surface area contributed by atoms with E-state index < -0.39 is 0 Å². The standard InChI is InChI=1S/C15H15Br2NOS/c1-8-4-13(20-15(8)17)12(18)7-10-6-11(16)5-9-2-3-19-14(9)10/h4-6,12H,2-3,7,18H2,1H3. The molecule has 2 aromatic rings. The fourth-order valence-corrected chi connectivity index (χ4v) is 4.63. The third kappa shape index (κ3) is 2.82. The van der Waals surface area contributed by atoms with Crippen molar-refractivity contribution in [2.75, 3.05) is 6.61 Å². The topological polar surface area (TPSA) is 35.2 Å². The Morgan fingerprint density at radius 3 is 2.85 bits per heavy atom. The lowest BCUT2D eigenvalue weighted by Gasteiger charge is -2.13. The molecule has 0 saturated carbocycles. The summed E-state index contributed by atoms with van der Waals surface area (Å²) < 4.78 is 8.04. The van der Waals surface area contributed by atoms with Crippen LogP contribution in [0.5, 0.6) is 5.75 Å². The van der Waals surface area contributed by atoms with E-state index >= 15 is 0 Å². The molecule has 1 atom stereocenters. The summed E-state index contributed by atoms with van der Waals surface area (Å²) in [5.74, 6) is 1.04. The normalized spacial score (nSPS) is 15.0. The van der Waals surface area contributed by atoms with Gasteiger partial charge in [0.15, 0.2) is 0 Å². The van der Waals surface area contributed by atoms with Crippen molar-refractivity contribution >= 4 is 43.2 Å². The zero-order valence-corrected chi connectivity index (χ0v) is 15.1. The maximum absolute atomic E-state index is 6.37. The quantitative estimate of drug-likeness (QED) is 0.782. The lowest BCUT2D eigenvalue weighted by atomic mass is 10.0. The van der Waals surface area contributed by atoms with Crippen LogP contribution in [0, 0.1) is 6.92 Å². The van der Waals surface area contributed by atoms with Crippen LogP contribution >= 0.6 is 43.2 Å². The lowest BCUT2D eigenvalue weighted by molar-refractivity contribution is 0.352. The molecule has 1 unspecified atom stereocenters. The Hall–Kier alpha value is -0.360. The highest BCUT2D eigenvalue weighted by atomic mass is 79.9. The molecule has 2 N–H and O–H groups in total. The van der Waals surface area contributed by atoms with Crippen molar-refractivity contribution in [1.29, 1.82) is 0 Å². The summed E-state index contributed by atoms with van der Waals surface area (Å²) in [5.41, 5.74) is 10.1. The van der Waals surface area contributed by atoms with Crippen molar-refractivity contribution in [2.24, 2.45) is 5.73 Å².